The van der Waals surface area contributed by atoms with Crippen LogP contribution >= 0.6 is 0 Å². The van der Waals surface area contributed by atoms with Gasteiger partial charge in [-0.05, 0) is 7.05 Å². The van der Waals surface area contributed by atoms with E-state index in [2.05, 4.69) is 32.5 Å². The highest BCUT2D eigenvalue weighted by atomic mass is 15.4. The van der Waals surface area contributed by atoms with E-state index >= 15 is 0 Å². The van der Waals surface area contributed by atoms with Gasteiger partial charge in [0.05, 0.1) is 0 Å². The number of nitrogens with one attached hydrogen (secondary N) is 2. The smallest absolute Gasteiger partial charge is 0.179 e. The van der Waals surface area contributed by atoms with E-state index in [4.69, 9.17) is 0 Å². The molecule has 5 heteroatoms. The van der Waals surface area contributed by atoms with Gasteiger partial charge in [-0.3, -0.25) is 0 Å². The third-order valence-corrected chi connectivity index (χ3v) is 2.94. The quantitative estimate of drug-likeness (QED) is 0.558. The summed E-state index contributed by atoms with van der Waals surface area (Å²) < 4.78 is 0. The van der Waals surface area contributed by atoms with Crippen molar-refractivity contribution < 1.29 is 0 Å². The average Bonchev–Trinajstić information content (AvgIpc) is 2.96. The molecular weight excluding hydrogens is 178 g/mol. The normalized spacial score (nSPS) is 30.9. The Labute approximate surface area is 83.5 Å². The van der Waals surface area contributed by atoms with E-state index in [1.807, 2.05) is 6.20 Å². The highest BCUT2D eigenvalue weighted by molar-refractivity contribution is 6.00. The molecule has 1 unspecified atom stereocenters. The fourth-order valence-electron chi connectivity index (χ4n) is 1.86. The predicted octanol–water partition coefficient (Wildman–Crippen LogP) is -1.04. The second-order valence-corrected chi connectivity index (χ2v) is 4.03. The first kappa shape index (κ1) is 8.11. The Balaban J connectivity index is 1.64. The lowest BCUT2D eigenvalue weighted by Gasteiger charge is -2.36. The second kappa shape index (κ2) is 2.88. The molecule has 3 rings (SSSR count). The highest BCUT2D eigenvalue weighted by Crippen LogP contribution is 2.15. The average molecular weight is 193 g/mol. The Morgan fingerprint density at radius 3 is 2.86 bits per heavy atom. The van der Waals surface area contributed by atoms with Crippen LogP contribution in [0.4, 0.5) is 0 Å². The van der Waals surface area contributed by atoms with Gasteiger partial charge in [-0.1, -0.05) is 0 Å². The largest absolute Gasteiger partial charge is 0.361 e. The Morgan fingerprint density at radius 1 is 1.36 bits per heavy atom. The maximum Gasteiger partial charge on any atom is 0.179 e. The summed E-state index contributed by atoms with van der Waals surface area (Å²) in [5.74, 6) is 2.26. The van der Waals surface area contributed by atoms with Crippen LogP contribution in [0.1, 0.15) is 0 Å². The standard InChI is InChI=1S/C9H15N5/c1-13-2-4-14(5-3-13)7-6-10-8-9(11-7)12-8/h6,8,10H,2-5H2,1H3,(H,11,12). The molecule has 2 N–H and O–H groups in total. The number of aliphatic imine (C=N–C) groups is 1. The molecule has 0 spiro atoms. The molecule has 0 amide bonds. The SMILES string of the molecule is CN1CCN(C2=CNC3N=C3N2)CC1. The summed E-state index contributed by atoms with van der Waals surface area (Å²) in [6.45, 7) is 4.45. The Hall–Kier alpha value is -1.23. The van der Waals surface area contributed by atoms with Crippen molar-refractivity contribution >= 4 is 5.84 Å². The highest BCUT2D eigenvalue weighted by Gasteiger charge is 2.32. The Bertz CT molecular complexity index is 300. The molecule has 3 heterocycles. The third-order valence-electron chi connectivity index (χ3n) is 2.94. The minimum Gasteiger partial charge on any atom is -0.361 e. The summed E-state index contributed by atoms with van der Waals surface area (Å²) in [7, 11) is 2.17. The van der Waals surface area contributed by atoms with Gasteiger partial charge in [0.15, 0.2) is 12.0 Å². The maximum atomic E-state index is 4.22. The minimum absolute atomic E-state index is 0.256. The second-order valence-electron chi connectivity index (χ2n) is 4.03. The molecular formula is C9H15N5. The van der Waals surface area contributed by atoms with Crippen LogP contribution < -0.4 is 10.6 Å². The molecule has 0 radical (unpaired) electrons. The minimum atomic E-state index is 0.256. The zero-order chi connectivity index (χ0) is 9.54. The molecule has 0 aromatic heterocycles. The number of nitrogens with zero attached hydrogens (tertiary/aromatic N) is 3. The van der Waals surface area contributed by atoms with Gasteiger partial charge in [-0.25, -0.2) is 4.99 Å². The van der Waals surface area contributed by atoms with Gasteiger partial charge < -0.3 is 20.4 Å². The molecule has 0 aromatic carbocycles. The Kier molecular flexibility index (Phi) is 1.67. The first-order valence-electron chi connectivity index (χ1n) is 5.07. The van der Waals surface area contributed by atoms with Crippen molar-refractivity contribution in [3.63, 3.8) is 0 Å². The summed E-state index contributed by atoms with van der Waals surface area (Å²) in [5, 5.41) is 6.56. The molecule has 3 aliphatic rings. The topological polar surface area (TPSA) is 42.9 Å². The number of hydrogen-bond acceptors (Lipinski definition) is 5. The summed E-state index contributed by atoms with van der Waals surface area (Å²) >= 11 is 0. The summed E-state index contributed by atoms with van der Waals surface area (Å²) in [6.07, 6.45) is 2.29. The first-order chi connectivity index (χ1) is 6.83. The molecule has 1 atom stereocenters. The lowest BCUT2D eigenvalue weighted by molar-refractivity contribution is 0.180. The lowest BCUT2D eigenvalue weighted by Crippen LogP contribution is -2.49. The molecule has 1 fully saturated rings. The lowest BCUT2D eigenvalue weighted by atomic mass is 10.3. The number of rotatable bonds is 1. The van der Waals surface area contributed by atoms with Crippen LogP contribution in [-0.4, -0.2) is 55.0 Å². The summed E-state index contributed by atoms with van der Waals surface area (Å²) in [4.78, 5) is 8.94. The van der Waals surface area contributed by atoms with Crippen LogP contribution in [0.25, 0.3) is 0 Å². The third kappa shape index (κ3) is 1.33. The summed E-state index contributed by atoms with van der Waals surface area (Å²) in [5.41, 5.74) is 0. The molecule has 1 saturated heterocycles. The van der Waals surface area contributed by atoms with E-state index in [9.17, 15) is 0 Å². The van der Waals surface area contributed by atoms with Crippen LogP contribution in [0.2, 0.25) is 0 Å². The number of likely N-dealkylation sites (N-methyl/N-ethyl adjacent to an activating group) is 1. The van der Waals surface area contributed by atoms with Crippen molar-refractivity contribution in [2.45, 2.75) is 6.17 Å². The molecule has 0 aliphatic carbocycles. The molecule has 5 nitrogen and oxygen atoms in total. The van der Waals surface area contributed by atoms with Crippen LogP contribution in [0.3, 0.4) is 0 Å². The van der Waals surface area contributed by atoms with Crippen LogP contribution in [0.5, 0.6) is 0 Å². The summed E-state index contributed by atoms with van der Waals surface area (Å²) in [6, 6.07) is 0. The molecule has 76 valence electrons. The molecule has 0 bridgehead atoms. The van der Waals surface area contributed by atoms with E-state index < -0.39 is 0 Å². The van der Waals surface area contributed by atoms with E-state index in [0.717, 1.165) is 32.0 Å². The van der Waals surface area contributed by atoms with Gasteiger partial charge in [0.2, 0.25) is 0 Å². The van der Waals surface area contributed by atoms with Crippen molar-refractivity contribution in [1.82, 2.24) is 20.4 Å². The maximum absolute atomic E-state index is 4.22. The fraction of sp³-hybridized carbons (Fsp3) is 0.667. The molecule has 0 saturated carbocycles. The number of amidine groups is 1. The molecule has 14 heavy (non-hydrogen) atoms. The van der Waals surface area contributed by atoms with Gasteiger partial charge in [0, 0.05) is 32.4 Å². The predicted molar refractivity (Wildman–Crippen MR) is 54.6 cm³/mol. The van der Waals surface area contributed by atoms with Crippen molar-refractivity contribution in [2.24, 2.45) is 4.99 Å². The number of piperazine rings is 1. The van der Waals surface area contributed by atoms with Gasteiger partial charge in [0.25, 0.3) is 0 Å². The van der Waals surface area contributed by atoms with Crippen LogP contribution in [0, 0.1) is 0 Å². The number of hydrogen-bond donors (Lipinski definition) is 2. The van der Waals surface area contributed by atoms with Crippen molar-refractivity contribution in [1.29, 1.82) is 0 Å². The van der Waals surface area contributed by atoms with Gasteiger partial charge in [0.1, 0.15) is 5.82 Å². The zero-order valence-electron chi connectivity index (χ0n) is 8.32. The van der Waals surface area contributed by atoms with Gasteiger partial charge in [-0.2, -0.15) is 0 Å². The van der Waals surface area contributed by atoms with E-state index in [1.165, 1.54) is 5.82 Å². The van der Waals surface area contributed by atoms with Crippen LogP contribution in [0.15, 0.2) is 17.0 Å². The zero-order valence-corrected chi connectivity index (χ0v) is 8.32. The van der Waals surface area contributed by atoms with E-state index in [0.29, 0.717) is 0 Å². The van der Waals surface area contributed by atoms with Crippen molar-refractivity contribution in [3.05, 3.63) is 12.0 Å². The van der Waals surface area contributed by atoms with E-state index in [1.54, 1.807) is 0 Å². The van der Waals surface area contributed by atoms with Crippen molar-refractivity contribution in [2.75, 3.05) is 33.2 Å². The molecule has 3 aliphatic heterocycles. The molecule has 0 aromatic rings. The fourth-order valence-corrected chi connectivity index (χ4v) is 1.86. The van der Waals surface area contributed by atoms with Crippen molar-refractivity contribution in [3.8, 4) is 0 Å². The monoisotopic (exact) mass is 193 g/mol. The number of fused-ring (bicyclic) bond motifs is 1. The van der Waals surface area contributed by atoms with E-state index in [-0.39, 0.29) is 6.17 Å². The first-order valence-corrected chi connectivity index (χ1v) is 5.07. The van der Waals surface area contributed by atoms with Crippen LogP contribution in [-0.2, 0) is 0 Å². The van der Waals surface area contributed by atoms with Gasteiger partial charge >= 0.3 is 0 Å². The Morgan fingerprint density at radius 2 is 2.14 bits per heavy atom. The van der Waals surface area contributed by atoms with Gasteiger partial charge in [-0.15, -0.1) is 0 Å².